The molecular formula is C11H16N2O2P4. The summed E-state index contributed by atoms with van der Waals surface area (Å²) >= 11 is 0. The highest BCUT2D eigenvalue weighted by Gasteiger charge is 2.14. The Labute approximate surface area is 118 Å². The van der Waals surface area contributed by atoms with Gasteiger partial charge in [0.25, 0.3) is 5.56 Å². The molecule has 1 aromatic heterocycles. The van der Waals surface area contributed by atoms with Gasteiger partial charge in [0.1, 0.15) is 0 Å². The van der Waals surface area contributed by atoms with E-state index in [1.54, 1.807) is 6.07 Å². The van der Waals surface area contributed by atoms with Crippen molar-refractivity contribution < 1.29 is 0 Å². The number of hydrogen-bond acceptors (Lipinski definition) is 2. The van der Waals surface area contributed by atoms with Gasteiger partial charge < -0.3 is 4.98 Å². The maximum Gasteiger partial charge on any atom is 0.328 e. The molecule has 0 saturated heterocycles. The average Bonchev–Trinajstić information content (AvgIpc) is 2.41. The quantitative estimate of drug-likeness (QED) is 0.874. The molecule has 0 aliphatic carbocycles. The number of benzene rings is 1. The fraction of sp³-hybridized carbons (Fsp3) is 0.273. The highest BCUT2D eigenvalue weighted by atomic mass is 32.6. The van der Waals surface area contributed by atoms with Gasteiger partial charge in [-0.2, -0.15) is 0 Å². The molecule has 8 heteroatoms. The standard InChI is InChI=1S/C11H16N2O2P4/c1-2-6-13-10(14)9-7(12-11(13)15)4-3-5-8(9)19(17)18-16/h3-5,18H,2,6,16-17H2,1H3,(H,12,15). The number of hydrogen-bond donors (Lipinski definition) is 1. The van der Waals surface area contributed by atoms with Gasteiger partial charge in [0.15, 0.2) is 0 Å². The molecule has 0 fully saturated rings. The minimum Gasteiger partial charge on any atom is -0.307 e. The molecule has 4 unspecified atom stereocenters. The summed E-state index contributed by atoms with van der Waals surface area (Å²) in [6, 6.07) is 5.66. The van der Waals surface area contributed by atoms with E-state index in [1.165, 1.54) is 4.57 Å². The van der Waals surface area contributed by atoms with Crippen LogP contribution in [0.4, 0.5) is 0 Å². The van der Waals surface area contributed by atoms with E-state index in [1.807, 2.05) is 19.1 Å². The first-order valence-electron chi connectivity index (χ1n) is 5.87. The van der Waals surface area contributed by atoms with Gasteiger partial charge >= 0.3 is 5.69 Å². The Morgan fingerprint density at radius 3 is 2.79 bits per heavy atom. The Morgan fingerprint density at radius 1 is 1.42 bits per heavy atom. The van der Waals surface area contributed by atoms with Crippen LogP contribution in [0.3, 0.4) is 0 Å². The van der Waals surface area contributed by atoms with Crippen molar-refractivity contribution in [2.24, 2.45) is 0 Å². The van der Waals surface area contributed by atoms with E-state index in [9.17, 15) is 9.59 Å². The van der Waals surface area contributed by atoms with Gasteiger partial charge in [0, 0.05) is 6.54 Å². The van der Waals surface area contributed by atoms with E-state index in [-0.39, 0.29) is 11.2 Å². The zero-order valence-electron chi connectivity index (χ0n) is 10.5. The molecule has 2 rings (SSSR count). The third-order valence-electron chi connectivity index (χ3n) is 2.83. The van der Waals surface area contributed by atoms with E-state index >= 15 is 0 Å². The Kier molecular flexibility index (Phi) is 5.27. The molecule has 0 radical (unpaired) electrons. The molecule has 0 aliphatic heterocycles. The molecule has 2 aromatic rings. The van der Waals surface area contributed by atoms with Gasteiger partial charge in [-0.1, -0.05) is 27.0 Å². The summed E-state index contributed by atoms with van der Waals surface area (Å²) in [4.78, 5) is 27.2. The smallest absolute Gasteiger partial charge is 0.307 e. The van der Waals surface area contributed by atoms with Gasteiger partial charge in [-0.15, -0.1) is 17.9 Å². The first-order valence-corrected chi connectivity index (χ1v) is 12.5. The number of fused-ring (bicyclic) bond motifs is 1. The summed E-state index contributed by atoms with van der Waals surface area (Å²) in [6.45, 7) is 2.41. The van der Waals surface area contributed by atoms with Crippen LogP contribution in [0.2, 0.25) is 0 Å². The Hall–Kier alpha value is -0.120. The highest BCUT2D eigenvalue weighted by Crippen LogP contribution is 2.65. The van der Waals surface area contributed by atoms with Crippen molar-refractivity contribution in [3.8, 4) is 0 Å². The molecule has 1 N–H and O–H groups in total. The van der Waals surface area contributed by atoms with Crippen molar-refractivity contribution in [3.05, 3.63) is 39.0 Å². The topological polar surface area (TPSA) is 54.9 Å². The molecule has 4 atom stereocenters. The monoisotopic (exact) mass is 332 g/mol. The van der Waals surface area contributed by atoms with Crippen LogP contribution in [0, 0.1) is 0 Å². The van der Waals surface area contributed by atoms with Crippen LogP contribution in [0.1, 0.15) is 13.3 Å². The zero-order valence-corrected chi connectivity index (χ0v) is 14.7. The Balaban J connectivity index is 2.84. The Morgan fingerprint density at radius 2 is 2.16 bits per heavy atom. The first kappa shape index (κ1) is 15.3. The van der Waals surface area contributed by atoms with Gasteiger partial charge in [-0.05, 0) is 25.1 Å². The van der Waals surface area contributed by atoms with E-state index < -0.39 is 7.30 Å². The highest BCUT2D eigenvalue weighted by molar-refractivity contribution is 8.63. The lowest BCUT2D eigenvalue weighted by Gasteiger charge is -2.13. The summed E-state index contributed by atoms with van der Waals surface area (Å²) < 4.78 is 1.30. The largest absolute Gasteiger partial charge is 0.328 e. The second kappa shape index (κ2) is 6.55. The molecule has 102 valence electrons. The summed E-state index contributed by atoms with van der Waals surface area (Å²) in [5, 5.41) is 1.70. The van der Waals surface area contributed by atoms with Crippen molar-refractivity contribution in [1.82, 2.24) is 9.55 Å². The molecular weight excluding hydrogens is 316 g/mol. The maximum absolute atomic E-state index is 12.5. The van der Waals surface area contributed by atoms with E-state index in [0.717, 1.165) is 11.7 Å². The first-order chi connectivity index (χ1) is 9.10. The minimum atomic E-state index is -0.449. The third kappa shape index (κ3) is 2.98. The molecule has 0 spiro atoms. The van der Waals surface area contributed by atoms with Crippen LogP contribution in [0.5, 0.6) is 0 Å². The molecule has 1 heterocycles. The molecule has 0 saturated carbocycles. The maximum atomic E-state index is 12.5. The van der Waals surface area contributed by atoms with E-state index in [4.69, 9.17) is 0 Å². The summed E-state index contributed by atoms with van der Waals surface area (Å²) in [5.74, 6) is 0. The average molecular weight is 332 g/mol. The normalized spacial score (nSPS) is 13.4. The van der Waals surface area contributed by atoms with Crippen LogP contribution >= 0.6 is 33.1 Å². The SMILES string of the molecule is CCCn1c(=O)[nH]c2cccc(P(P)PP)c2c1=O. The summed E-state index contributed by atoms with van der Waals surface area (Å²) in [7, 11) is 5.77. The number of aromatic nitrogens is 2. The predicted octanol–water partition coefficient (Wildman–Crippen LogP) is 2.38. The minimum absolute atomic E-state index is 0.172. The van der Waals surface area contributed by atoms with Crippen molar-refractivity contribution >= 4 is 49.3 Å². The van der Waals surface area contributed by atoms with Crippen molar-refractivity contribution in [2.45, 2.75) is 19.9 Å². The zero-order chi connectivity index (χ0) is 14.0. The Bertz CT molecular complexity index is 710. The lowest BCUT2D eigenvalue weighted by atomic mass is 10.2. The number of rotatable bonds is 4. The van der Waals surface area contributed by atoms with Gasteiger partial charge in [0.2, 0.25) is 0 Å². The molecule has 19 heavy (non-hydrogen) atoms. The second-order valence-electron chi connectivity index (χ2n) is 4.09. The molecule has 0 aliphatic rings. The van der Waals surface area contributed by atoms with Crippen molar-refractivity contribution in [1.29, 1.82) is 0 Å². The molecule has 0 bridgehead atoms. The summed E-state index contributed by atoms with van der Waals surface area (Å²) in [6.07, 6.45) is 0.762. The summed E-state index contributed by atoms with van der Waals surface area (Å²) in [5.41, 5.74) is 0.144. The predicted molar refractivity (Wildman–Crippen MR) is 93.4 cm³/mol. The molecule has 0 amide bonds. The lowest BCUT2D eigenvalue weighted by molar-refractivity contribution is 0.623. The second-order valence-corrected chi connectivity index (χ2v) is 13.2. The van der Waals surface area contributed by atoms with Crippen molar-refractivity contribution in [2.75, 3.05) is 0 Å². The van der Waals surface area contributed by atoms with Gasteiger partial charge in [0.05, 0.1) is 10.9 Å². The van der Waals surface area contributed by atoms with Gasteiger partial charge in [-0.3, -0.25) is 9.36 Å². The van der Waals surface area contributed by atoms with Crippen LogP contribution in [0.25, 0.3) is 10.9 Å². The molecule has 1 aromatic carbocycles. The van der Waals surface area contributed by atoms with Gasteiger partial charge in [-0.25, -0.2) is 4.79 Å². The van der Waals surface area contributed by atoms with E-state index in [2.05, 4.69) is 22.8 Å². The lowest BCUT2D eigenvalue weighted by Crippen LogP contribution is -2.36. The van der Waals surface area contributed by atoms with Crippen LogP contribution in [-0.2, 0) is 6.54 Å². The number of nitrogens with zero attached hydrogens (tertiary/aromatic N) is 1. The fourth-order valence-electron chi connectivity index (χ4n) is 1.98. The van der Waals surface area contributed by atoms with Crippen molar-refractivity contribution in [3.63, 3.8) is 0 Å². The fourth-order valence-corrected chi connectivity index (χ4v) is 5.69. The molecule has 4 nitrogen and oxygen atoms in total. The van der Waals surface area contributed by atoms with E-state index in [0.29, 0.717) is 25.4 Å². The number of H-pyrrole nitrogens is 1. The number of aromatic amines is 1. The van der Waals surface area contributed by atoms with Crippen LogP contribution in [0.15, 0.2) is 27.8 Å². The third-order valence-corrected chi connectivity index (χ3v) is 12.9. The van der Waals surface area contributed by atoms with Crippen LogP contribution < -0.4 is 16.6 Å². The number of nitrogens with one attached hydrogen (secondary N) is 1. The van der Waals surface area contributed by atoms with Crippen LogP contribution in [-0.4, -0.2) is 9.55 Å².